The van der Waals surface area contributed by atoms with Gasteiger partial charge in [-0.05, 0) is 51.7 Å². The maximum atomic E-state index is 11.7. The van der Waals surface area contributed by atoms with E-state index in [1.54, 1.807) is 0 Å². The molecule has 5 heteroatoms. The first-order valence-corrected chi connectivity index (χ1v) is 7.67. The fourth-order valence-corrected chi connectivity index (χ4v) is 3.05. The summed E-state index contributed by atoms with van der Waals surface area (Å²) in [7, 11) is 2.15. The summed E-state index contributed by atoms with van der Waals surface area (Å²) in [5, 5.41) is 9.42. The number of rotatable bonds is 4. The smallest absolute Gasteiger partial charge is 0.314 e. The lowest BCUT2D eigenvalue weighted by molar-refractivity contribution is 0.201. The molecule has 2 atom stereocenters. The first-order valence-electron chi connectivity index (χ1n) is 7.67. The van der Waals surface area contributed by atoms with Gasteiger partial charge in [-0.1, -0.05) is 6.42 Å². The third-order valence-electron chi connectivity index (χ3n) is 4.19. The molecule has 2 fully saturated rings. The van der Waals surface area contributed by atoms with Crippen LogP contribution in [-0.2, 0) is 0 Å². The van der Waals surface area contributed by atoms with E-state index in [-0.39, 0.29) is 6.03 Å². The molecule has 5 nitrogen and oxygen atoms in total. The third kappa shape index (κ3) is 5.37. The van der Waals surface area contributed by atoms with Crippen LogP contribution in [0.5, 0.6) is 0 Å². The monoisotopic (exact) mass is 268 g/mol. The first kappa shape index (κ1) is 14.6. The minimum absolute atomic E-state index is 0.0133. The lowest BCUT2D eigenvalue weighted by Crippen LogP contribution is -2.48. The molecule has 2 aliphatic heterocycles. The molecule has 2 rings (SSSR count). The number of amides is 2. The molecular formula is C14H28N4O. The van der Waals surface area contributed by atoms with E-state index in [2.05, 4.69) is 27.9 Å². The zero-order valence-electron chi connectivity index (χ0n) is 12.1. The van der Waals surface area contributed by atoms with Crippen molar-refractivity contribution in [2.45, 2.75) is 38.1 Å². The number of urea groups is 1. The number of hydrogen-bond donors (Lipinski definition) is 3. The van der Waals surface area contributed by atoms with Crippen LogP contribution >= 0.6 is 0 Å². The highest BCUT2D eigenvalue weighted by Crippen LogP contribution is 2.13. The zero-order chi connectivity index (χ0) is 13.5. The van der Waals surface area contributed by atoms with Gasteiger partial charge in [0.05, 0.1) is 0 Å². The van der Waals surface area contributed by atoms with E-state index in [1.165, 1.54) is 38.6 Å². The molecule has 0 aromatic carbocycles. The second kappa shape index (κ2) is 7.70. The van der Waals surface area contributed by atoms with E-state index in [1.807, 2.05) is 0 Å². The average Bonchev–Trinajstić information content (AvgIpc) is 2.44. The first-order chi connectivity index (χ1) is 9.24. The lowest BCUT2D eigenvalue weighted by atomic mass is 9.99. The normalized spacial score (nSPS) is 28.9. The van der Waals surface area contributed by atoms with Gasteiger partial charge in [-0.2, -0.15) is 0 Å². The van der Waals surface area contributed by atoms with Gasteiger partial charge in [0.15, 0.2) is 0 Å². The van der Waals surface area contributed by atoms with Crippen LogP contribution in [0.2, 0.25) is 0 Å². The molecule has 3 N–H and O–H groups in total. The van der Waals surface area contributed by atoms with Gasteiger partial charge >= 0.3 is 6.03 Å². The number of piperidine rings is 2. The molecule has 2 unspecified atom stereocenters. The number of likely N-dealkylation sites (tertiary alicyclic amines) is 1. The largest absolute Gasteiger partial charge is 0.338 e. The van der Waals surface area contributed by atoms with Crippen LogP contribution in [0.1, 0.15) is 32.1 Å². The van der Waals surface area contributed by atoms with Gasteiger partial charge in [-0.25, -0.2) is 4.79 Å². The second-order valence-electron chi connectivity index (χ2n) is 6.01. The standard InChI is InChI=1S/C14H28N4O/c1-18-8-4-5-12(11-18)9-16-14(19)17-10-13-6-2-3-7-15-13/h12-13,15H,2-11H2,1H3,(H2,16,17,19). The van der Waals surface area contributed by atoms with Gasteiger partial charge in [-0.15, -0.1) is 0 Å². The van der Waals surface area contributed by atoms with Crippen molar-refractivity contribution >= 4 is 6.03 Å². The van der Waals surface area contributed by atoms with Crippen LogP contribution in [0.25, 0.3) is 0 Å². The summed E-state index contributed by atoms with van der Waals surface area (Å²) < 4.78 is 0. The summed E-state index contributed by atoms with van der Waals surface area (Å²) in [6.45, 7) is 4.92. The van der Waals surface area contributed by atoms with Crippen molar-refractivity contribution in [2.75, 3.05) is 39.8 Å². The molecule has 2 heterocycles. The van der Waals surface area contributed by atoms with E-state index in [9.17, 15) is 4.79 Å². The molecule has 19 heavy (non-hydrogen) atoms. The summed E-state index contributed by atoms with van der Waals surface area (Å²) in [5.74, 6) is 0.609. The quantitative estimate of drug-likeness (QED) is 0.706. The van der Waals surface area contributed by atoms with E-state index < -0.39 is 0 Å². The Labute approximate surface area is 116 Å². The Morgan fingerprint density at radius 3 is 2.79 bits per heavy atom. The van der Waals surface area contributed by atoms with E-state index in [4.69, 9.17) is 0 Å². The molecule has 0 spiro atoms. The molecule has 2 saturated heterocycles. The van der Waals surface area contributed by atoms with E-state index in [0.29, 0.717) is 12.0 Å². The van der Waals surface area contributed by atoms with Gasteiger partial charge < -0.3 is 20.9 Å². The molecule has 0 aliphatic carbocycles. The number of nitrogens with zero attached hydrogens (tertiary/aromatic N) is 1. The maximum absolute atomic E-state index is 11.7. The van der Waals surface area contributed by atoms with Crippen LogP contribution in [0.15, 0.2) is 0 Å². The molecule has 110 valence electrons. The van der Waals surface area contributed by atoms with Gasteiger partial charge in [0.1, 0.15) is 0 Å². The molecule has 0 radical (unpaired) electrons. The Kier molecular flexibility index (Phi) is 5.92. The molecule has 0 aromatic rings. The van der Waals surface area contributed by atoms with Crippen LogP contribution < -0.4 is 16.0 Å². The van der Waals surface area contributed by atoms with Crippen LogP contribution in [0.3, 0.4) is 0 Å². The maximum Gasteiger partial charge on any atom is 0.314 e. The van der Waals surface area contributed by atoms with Crippen molar-refractivity contribution in [1.29, 1.82) is 0 Å². The molecule has 0 bridgehead atoms. The highest BCUT2D eigenvalue weighted by molar-refractivity contribution is 5.73. The topological polar surface area (TPSA) is 56.4 Å². The number of nitrogens with one attached hydrogen (secondary N) is 3. The van der Waals surface area contributed by atoms with E-state index in [0.717, 1.165) is 26.2 Å². The summed E-state index contributed by atoms with van der Waals surface area (Å²) in [6.07, 6.45) is 6.19. The van der Waals surface area contributed by atoms with E-state index >= 15 is 0 Å². The molecular weight excluding hydrogens is 240 g/mol. The second-order valence-corrected chi connectivity index (χ2v) is 6.01. The Hall–Kier alpha value is -0.810. The highest BCUT2D eigenvalue weighted by Gasteiger charge is 2.18. The SMILES string of the molecule is CN1CCCC(CNC(=O)NCC2CCCCN2)C1. The Morgan fingerprint density at radius 1 is 1.21 bits per heavy atom. The molecule has 2 aliphatic rings. The van der Waals surface area contributed by atoms with Gasteiger partial charge in [-0.3, -0.25) is 0 Å². The van der Waals surface area contributed by atoms with Crippen molar-refractivity contribution in [3.8, 4) is 0 Å². The van der Waals surface area contributed by atoms with Crippen molar-refractivity contribution in [3.05, 3.63) is 0 Å². The van der Waals surface area contributed by atoms with Crippen LogP contribution in [0.4, 0.5) is 4.79 Å². The van der Waals surface area contributed by atoms with Gasteiger partial charge in [0, 0.05) is 25.7 Å². The number of carbonyl (C=O) groups is 1. The minimum Gasteiger partial charge on any atom is -0.338 e. The molecule has 2 amide bonds. The van der Waals surface area contributed by atoms with Crippen LogP contribution in [-0.4, -0.2) is 56.7 Å². The minimum atomic E-state index is -0.0133. The fourth-order valence-electron chi connectivity index (χ4n) is 3.05. The summed E-state index contributed by atoms with van der Waals surface area (Å²) in [5.41, 5.74) is 0. The van der Waals surface area contributed by atoms with Crippen LogP contribution in [0, 0.1) is 5.92 Å². The summed E-state index contributed by atoms with van der Waals surface area (Å²) in [6, 6.07) is 0.445. The lowest BCUT2D eigenvalue weighted by Gasteiger charge is -2.29. The number of carbonyl (C=O) groups excluding carboxylic acids is 1. The van der Waals surface area contributed by atoms with Gasteiger partial charge in [0.2, 0.25) is 0 Å². The third-order valence-corrected chi connectivity index (χ3v) is 4.19. The Morgan fingerprint density at radius 2 is 2.05 bits per heavy atom. The predicted molar refractivity (Wildman–Crippen MR) is 77.3 cm³/mol. The summed E-state index contributed by atoms with van der Waals surface area (Å²) >= 11 is 0. The van der Waals surface area contributed by atoms with Crippen molar-refractivity contribution < 1.29 is 4.79 Å². The molecule has 0 aromatic heterocycles. The molecule has 0 saturated carbocycles. The average molecular weight is 268 g/mol. The highest BCUT2D eigenvalue weighted by atomic mass is 16.2. The van der Waals surface area contributed by atoms with Gasteiger partial charge in [0.25, 0.3) is 0 Å². The Balaban J connectivity index is 1.56. The number of hydrogen-bond acceptors (Lipinski definition) is 3. The Bertz CT molecular complexity index is 279. The fraction of sp³-hybridized carbons (Fsp3) is 0.929. The summed E-state index contributed by atoms with van der Waals surface area (Å²) in [4.78, 5) is 14.1. The van der Waals surface area contributed by atoms with Crippen molar-refractivity contribution in [3.63, 3.8) is 0 Å². The van der Waals surface area contributed by atoms with Crippen molar-refractivity contribution in [1.82, 2.24) is 20.9 Å². The predicted octanol–water partition coefficient (Wildman–Crippen LogP) is 0.770. The zero-order valence-corrected chi connectivity index (χ0v) is 12.1. The van der Waals surface area contributed by atoms with Crippen molar-refractivity contribution in [2.24, 2.45) is 5.92 Å².